The summed E-state index contributed by atoms with van der Waals surface area (Å²) in [5.74, 6) is -1.10. The average molecular weight is 412 g/mol. The van der Waals surface area contributed by atoms with Crippen molar-refractivity contribution in [1.29, 1.82) is 0 Å². The summed E-state index contributed by atoms with van der Waals surface area (Å²) >= 11 is 0. The Labute approximate surface area is 160 Å². The molecule has 0 aromatic heterocycles. The highest BCUT2D eigenvalue weighted by atomic mass is 32.5. The molecule has 2 heterocycles. The van der Waals surface area contributed by atoms with Gasteiger partial charge in [0.2, 0.25) is 11.4 Å². The van der Waals surface area contributed by atoms with Crippen LogP contribution in [0, 0.1) is 0 Å². The van der Waals surface area contributed by atoms with Gasteiger partial charge in [0.25, 0.3) is 5.91 Å². The van der Waals surface area contributed by atoms with Gasteiger partial charge in [-0.25, -0.2) is 0 Å². The standard InChI is InChI=1S/C17H16F5N3OS/c1-11-3-8-15-24-12(2)16(25(15)10-11)17(26)23-9-13-4-6-14(7-5-13)27(18,19,20,21)22/h3-7,10H,8-9H2,1-2H3/p+1/i1D3,3D,8D,10D. The molecule has 1 aromatic rings. The molecule has 1 aromatic carbocycles. The number of benzene rings is 1. The molecular formula is C17H17F5N3OS+. The molecule has 2 aliphatic rings. The van der Waals surface area contributed by atoms with E-state index >= 15 is 0 Å². The van der Waals surface area contributed by atoms with Crippen molar-refractivity contribution in [2.24, 2.45) is 4.99 Å². The van der Waals surface area contributed by atoms with E-state index < -0.39 is 52.1 Å². The van der Waals surface area contributed by atoms with Gasteiger partial charge in [-0.3, -0.25) is 4.79 Å². The molecule has 0 aliphatic carbocycles. The zero-order valence-electron chi connectivity index (χ0n) is 19.7. The van der Waals surface area contributed by atoms with Crippen molar-refractivity contribution in [1.82, 2.24) is 5.32 Å². The zero-order valence-corrected chi connectivity index (χ0v) is 14.5. The van der Waals surface area contributed by atoms with Crippen LogP contribution in [0.2, 0.25) is 0 Å². The molecule has 1 atom stereocenters. The lowest BCUT2D eigenvalue weighted by molar-refractivity contribution is -0.337. The molecule has 1 N–H and O–H groups in total. The van der Waals surface area contributed by atoms with Crippen LogP contribution in [0.1, 0.15) is 34.0 Å². The van der Waals surface area contributed by atoms with Crippen molar-refractivity contribution in [2.75, 3.05) is 0 Å². The van der Waals surface area contributed by atoms with E-state index in [-0.39, 0.29) is 41.5 Å². The van der Waals surface area contributed by atoms with Crippen LogP contribution in [0.3, 0.4) is 0 Å². The SMILES string of the molecule is [2H]C1=C(C([2H])([2H])[2H])C([2H])=[N+]2C(=NC(C)=C2C(=O)NCc2ccc(S(F)(F)(F)(F)F)cc2)C1[2H]. The first kappa shape index (κ1) is 12.8. The first-order valence-corrected chi connectivity index (χ1v) is 9.35. The lowest BCUT2D eigenvalue weighted by Gasteiger charge is -2.40. The highest BCUT2D eigenvalue weighted by Gasteiger charge is 2.65. The predicted molar refractivity (Wildman–Crippen MR) is 94.5 cm³/mol. The van der Waals surface area contributed by atoms with E-state index in [1.54, 1.807) is 0 Å². The maximum Gasteiger partial charge on any atom is 0.310 e. The van der Waals surface area contributed by atoms with Gasteiger partial charge < -0.3 is 5.32 Å². The first-order valence-electron chi connectivity index (χ1n) is 10.5. The number of rotatable bonds is 4. The van der Waals surface area contributed by atoms with Gasteiger partial charge in [-0.2, -0.15) is 4.58 Å². The van der Waals surface area contributed by atoms with Gasteiger partial charge in [0, 0.05) is 19.0 Å². The normalized spacial score (nSPS) is 26.6. The summed E-state index contributed by atoms with van der Waals surface area (Å²) in [7, 11) is -9.83. The largest absolute Gasteiger partial charge is 0.345 e. The van der Waals surface area contributed by atoms with Crippen LogP contribution in [0.5, 0.6) is 0 Å². The lowest BCUT2D eigenvalue weighted by atomic mass is 10.2. The molecular weight excluding hydrogens is 389 g/mol. The molecule has 0 bridgehead atoms. The quantitative estimate of drug-likeness (QED) is 0.547. The molecule has 1 amide bonds. The van der Waals surface area contributed by atoms with Crippen LogP contribution >= 0.6 is 10.2 Å². The molecule has 2 aliphatic heterocycles. The van der Waals surface area contributed by atoms with Crippen molar-refractivity contribution in [2.45, 2.75) is 31.6 Å². The van der Waals surface area contributed by atoms with E-state index in [0.717, 1.165) is 16.7 Å². The second-order valence-electron chi connectivity index (χ2n) is 5.81. The van der Waals surface area contributed by atoms with E-state index in [4.69, 9.17) is 8.22 Å². The summed E-state index contributed by atoms with van der Waals surface area (Å²) in [4.78, 5) is 14.7. The van der Waals surface area contributed by atoms with Gasteiger partial charge in [0.1, 0.15) is 6.27 Å². The maximum absolute atomic E-state index is 12.8. The van der Waals surface area contributed by atoms with Gasteiger partial charge in [0.05, 0.1) is 14.0 Å². The lowest BCUT2D eigenvalue weighted by Crippen LogP contribution is -2.32. The van der Waals surface area contributed by atoms with Crippen LogP contribution in [0.4, 0.5) is 19.4 Å². The summed E-state index contributed by atoms with van der Waals surface area (Å²) < 4.78 is 112. The number of amidine groups is 1. The monoisotopic (exact) mass is 412 g/mol. The summed E-state index contributed by atoms with van der Waals surface area (Å²) in [6.07, 6.45) is -2.28. The average Bonchev–Trinajstić information content (AvgIpc) is 2.99. The van der Waals surface area contributed by atoms with Crippen LogP contribution in [-0.2, 0) is 11.3 Å². The Bertz CT molecular complexity index is 1190. The number of hydrogen-bond acceptors (Lipinski definition) is 2. The Morgan fingerprint density at radius 2 is 2.00 bits per heavy atom. The van der Waals surface area contributed by atoms with Gasteiger partial charge in [0.15, 0.2) is 0 Å². The van der Waals surface area contributed by atoms with Gasteiger partial charge in [-0.05, 0) is 35.1 Å². The molecule has 1 unspecified atom stereocenters. The fourth-order valence-electron chi connectivity index (χ4n) is 2.44. The molecule has 0 saturated carbocycles. The van der Waals surface area contributed by atoms with Crippen molar-refractivity contribution in [3.63, 3.8) is 0 Å². The van der Waals surface area contributed by atoms with Crippen molar-refractivity contribution >= 4 is 28.2 Å². The fraction of sp³-hybridized carbons (Fsp3) is 0.235. The number of carbonyl (C=O) groups excluding carboxylic acids is 1. The van der Waals surface area contributed by atoms with E-state index in [1.807, 2.05) is 0 Å². The Balaban J connectivity index is 1.87. The molecule has 0 fully saturated rings. The third-order valence-electron chi connectivity index (χ3n) is 3.68. The number of aliphatic imine (C=N–C) groups is 1. The van der Waals surface area contributed by atoms with Crippen LogP contribution in [0.15, 0.2) is 57.2 Å². The molecule has 3 rings (SSSR count). The van der Waals surface area contributed by atoms with Crippen LogP contribution in [0.25, 0.3) is 0 Å². The Hall–Kier alpha value is -2.49. The number of halogens is 5. The molecule has 4 nitrogen and oxygen atoms in total. The number of hydrogen-bond donors (Lipinski definition) is 1. The summed E-state index contributed by atoms with van der Waals surface area (Å²) in [5.41, 5.74) is -0.909. The van der Waals surface area contributed by atoms with Crippen molar-refractivity contribution < 1.29 is 37.0 Å². The number of amides is 1. The second kappa shape index (κ2) is 5.51. The van der Waals surface area contributed by atoms with Gasteiger partial charge in [-0.1, -0.05) is 37.6 Å². The molecule has 0 radical (unpaired) electrons. The summed E-state index contributed by atoms with van der Waals surface area (Å²) in [5, 5.41) is 2.35. The zero-order chi connectivity index (χ0) is 25.2. The third kappa shape index (κ3) is 4.10. The minimum atomic E-state index is -9.83. The molecule has 146 valence electrons. The molecule has 27 heavy (non-hydrogen) atoms. The molecule has 0 saturated heterocycles. The number of nitrogens with one attached hydrogen (secondary N) is 1. The van der Waals surface area contributed by atoms with Gasteiger partial charge in [-0.15, -0.1) is 0 Å². The number of allylic oxidation sites excluding steroid dienone is 2. The molecule has 10 heteroatoms. The van der Waals surface area contributed by atoms with Gasteiger partial charge >= 0.3 is 16.1 Å². The van der Waals surface area contributed by atoms with Crippen LogP contribution < -0.4 is 5.32 Å². The highest BCUT2D eigenvalue weighted by molar-refractivity contribution is 8.45. The van der Waals surface area contributed by atoms with E-state index in [1.165, 1.54) is 6.92 Å². The first-order chi connectivity index (χ1) is 14.7. The highest BCUT2D eigenvalue weighted by Crippen LogP contribution is 3.02. The minimum absolute atomic E-state index is 0.0281. The smallest absolute Gasteiger partial charge is 0.310 e. The summed E-state index contributed by atoms with van der Waals surface area (Å²) in [6.45, 7) is -1.91. The van der Waals surface area contributed by atoms with E-state index in [9.17, 15) is 24.2 Å². The maximum atomic E-state index is 12.8. The number of fused-ring (bicyclic) bond motifs is 1. The Morgan fingerprint density at radius 3 is 2.59 bits per heavy atom. The molecule has 0 spiro atoms. The fourth-order valence-corrected chi connectivity index (χ4v) is 3.09. The number of nitrogens with zero attached hydrogens (tertiary/aromatic N) is 2. The van der Waals surface area contributed by atoms with E-state index in [2.05, 4.69) is 10.3 Å². The van der Waals surface area contributed by atoms with Crippen LogP contribution in [-0.4, -0.2) is 22.5 Å². The number of carbonyl (C=O) groups is 1. The summed E-state index contributed by atoms with van der Waals surface area (Å²) in [6, 6.07) is 1.32. The predicted octanol–water partition coefficient (Wildman–Crippen LogP) is 5.04. The topological polar surface area (TPSA) is 44.5 Å². The van der Waals surface area contributed by atoms with E-state index in [0.29, 0.717) is 0 Å². The third-order valence-corrected chi connectivity index (χ3v) is 4.85. The van der Waals surface area contributed by atoms with Crippen molar-refractivity contribution in [3.8, 4) is 0 Å². The Morgan fingerprint density at radius 1 is 1.33 bits per heavy atom. The minimum Gasteiger partial charge on any atom is -0.345 e. The van der Waals surface area contributed by atoms with Crippen molar-refractivity contribution in [3.05, 3.63) is 52.8 Å². The second-order valence-corrected chi connectivity index (χ2v) is 8.22. The Kier molecular flexibility index (Phi) is 2.61.